The fourth-order valence-corrected chi connectivity index (χ4v) is 2.25. The first kappa shape index (κ1) is 21.0. The van der Waals surface area contributed by atoms with Crippen LogP contribution in [0.4, 0.5) is 0 Å². The smallest absolute Gasteiger partial charge is 0.239 e. The van der Waals surface area contributed by atoms with Crippen LogP contribution in [0.15, 0.2) is 52.1 Å². The predicted octanol–water partition coefficient (Wildman–Crippen LogP) is 2.53. The van der Waals surface area contributed by atoms with Gasteiger partial charge >= 0.3 is 0 Å². The third kappa shape index (κ3) is 7.16. The number of carbonyl (C=O) groups is 1. The van der Waals surface area contributed by atoms with Gasteiger partial charge in [0.2, 0.25) is 5.91 Å². The summed E-state index contributed by atoms with van der Waals surface area (Å²) in [7, 11) is 3.64. The van der Waals surface area contributed by atoms with Gasteiger partial charge in [0, 0.05) is 20.6 Å². The van der Waals surface area contributed by atoms with Gasteiger partial charge < -0.3 is 20.0 Å². The van der Waals surface area contributed by atoms with Crippen LogP contribution in [0, 0.1) is 6.92 Å². The van der Waals surface area contributed by atoms with Crippen molar-refractivity contribution in [2.45, 2.75) is 20.0 Å². The number of nitrogens with zero attached hydrogens (tertiary/aromatic N) is 2. The van der Waals surface area contributed by atoms with Crippen LogP contribution in [0.2, 0.25) is 0 Å². The number of aliphatic imine (C=N–C) groups is 1. The zero-order valence-corrected chi connectivity index (χ0v) is 17.1. The van der Waals surface area contributed by atoms with Crippen LogP contribution >= 0.6 is 24.0 Å². The normalized spacial score (nSPS) is 10.8. The molecule has 2 rings (SSSR count). The Labute approximate surface area is 165 Å². The van der Waals surface area contributed by atoms with Crippen molar-refractivity contribution >= 4 is 35.8 Å². The second-order valence-electron chi connectivity index (χ2n) is 5.60. The van der Waals surface area contributed by atoms with Gasteiger partial charge in [-0.15, -0.1) is 24.0 Å². The molecule has 1 aromatic heterocycles. The SMILES string of the molecule is CN=C(NCC(=O)NCc1ccco1)N(C)Cc1ccc(C)cc1.I. The van der Waals surface area contributed by atoms with E-state index in [0.717, 1.165) is 5.76 Å². The molecule has 0 unspecified atom stereocenters. The van der Waals surface area contributed by atoms with Crippen molar-refractivity contribution in [3.05, 3.63) is 59.5 Å². The number of hydrogen-bond acceptors (Lipinski definition) is 3. The first-order chi connectivity index (χ1) is 11.6. The fraction of sp³-hybridized carbons (Fsp3) is 0.333. The summed E-state index contributed by atoms with van der Waals surface area (Å²) in [4.78, 5) is 18.1. The van der Waals surface area contributed by atoms with Crippen LogP contribution in [0.5, 0.6) is 0 Å². The molecule has 0 aliphatic carbocycles. The standard InChI is InChI=1S/C18H24N4O2.HI/c1-14-6-8-15(9-7-14)13-22(3)18(19-2)21-12-17(23)20-11-16-5-4-10-24-16;/h4-10H,11-13H2,1-3H3,(H,19,21)(H,20,23);1H. The molecular formula is C18H25IN4O2. The molecule has 0 aliphatic heterocycles. The molecule has 0 atom stereocenters. The maximum absolute atomic E-state index is 11.9. The van der Waals surface area contributed by atoms with E-state index in [0.29, 0.717) is 19.0 Å². The minimum atomic E-state index is -0.115. The van der Waals surface area contributed by atoms with Gasteiger partial charge in [0.15, 0.2) is 5.96 Å². The second kappa shape index (κ2) is 10.8. The highest BCUT2D eigenvalue weighted by Crippen LogP contribution is 2.06. The average Bonchev–Trinajstić information content (AvgIpc) is 3.09. The Kier molecular flexibility index (Phi) is 9.04. The van der Waals surface area contributed by atoms with E-state index in [1.54, 1.807) is 19.4 Å². The molecule has 0 radical (unpaired) electrons. The molecule has 0 aliphatic rings. The molecule has 7 heteroatoms. The number of nitrogens with one attached hydrogen (secondary N) is 2. The number of carbonyl (C=O) groups excluding carboxylic acids is 1. The number of benzene rings is 1. The van der Waals surface area contributed by atoms with Crippen molar-refractivity contribution < 1.29 is 9.21 Å². The lowest BCUT2D eigenvalue weighted by atomic mass is 10.1. The molecule has 1 aromatic carbocycles. The number of guanidine groups is 1. The largest absolute Gasteiger partial charge is 0.467 e. The fourth-order valence-electron chi connectivity index (χ4n) is 2.25. The maximum atomic E-state index is 11.9. The summed E-state index contributed by atoms with van der Waals surface area (Å²) < 4.78 is 5.18. The molecule has 0 bridgehead atoms. The van der Waals surface area contributed by atoms with E-state index in [9.17, 15) is 4.79 Å². The quantitative estimate of drug-likeness (QED) is 0.398. The molecule has 1 amide bonds. The molecule has 1 heterocycles. The number of furan rings is 1. The lowest BCUT2D eigenvalue weighted by Crippen LogP contribution is -2.43. The van der Waals surface area contributed by atoms with Crippen LogP contribution in [0.25, 0.3) is 0 Å². The van der Waals surface area contributed by atoms with Gasteiger partial charge in [-0.3, -0.25) is 9.79 Å². The topological polar surface area (TPSA) is 69.9 Å². The Morgan fingerprint density at radius 1 is 1.20 bits per heavy atom. The molecule has 25 heavy (non-hydrogen) atoms. The number of halogens is 1. The van der Waals surface area contributed by atoms with Crippen molar-refractivity contribution in [1.82, 2.24) is 15.5 Å². The summed E-state index contributed by atoms with van der Waals surface area (Å²) in [5.41, 5.74) is 2.42. The highest BCUT2D eigenvalue weighted by Gasteiger charge is 2.09. The van der Waals surface area contributed by atoms with Crippen molar-refractivity contribution in [2.75, 3.05) is 20.6 Å². The number of rotatable bonds is 6. The highest BCUT2D eigenvalue weighted by molar-refractivity contribution is 14.0. The van der Waals surface area contributed by atoms with Crippen molar-refractivity contribution in [3.63, 3.8) is 0 Å². The van der Waals surface area contributed by atoms with Crippen molar-refractivity contribution in [2.24, 2.45) is 4.99 Å². The van der Waals surface area contributed by atoms with Crippen molar-refractivity contribution in [1.29, 1.82) is 0 Å². The lowest BCUT2D eigenvalue weighted by molar-refractivity contribution is -0.120. The Hall–Kier alpha value is -2.03. The van der Waals surface area contributed by atoms with Gasteiger partial charge in [0.05, 0.1) is 19.4 Å². The van der Waals surface area contributed by atoms with Gasteiger partial charge in [0.25, 0.3) is 0 Å². The Morgan fingerprint density at radius 3 is 2.52 bits per heavy atom. The number of amides is 1. The van der Waals surface area contributed by atoms with E-state index in [1.165, 1.54) is 11.1 Å². The van der Waals surface area contributed by atoms with Gasteiger partial charge in [-0.05, 0) is 24.6 Å². The monoisotopic (exact) mass is 456 g/mol. The second-order valence-corrected chi connectivity index (χ2v) is 5.60. The summed E-state index contributed by atoms with van der Waals surface area (Å²) in [5, 5.41) is 5.85. The molecular weight excluding hydrogens is 431 g/mol. The summed E-state index contributed by atoms with van der Waals surface area (Å²) in [6.07, 6.45) is 1.58. The van der Waals surface area contributed by atoms with Crippen LogP contribution in [-0.4, -0.2) is 37.4 Å². The van der Waals surface area contributed by atoms with E-state index in [-0.39, 0.29) is 36.4 Å². The lowest BCUT2D eigenvalue weighted by Gasteiger charge is -2.22. The molecule has 6 nitrogen and oxygen atoms in total. The summed E-state index contributed by atoms with van der Waals surface area (Å²) in [6, 6.07) is 12.0. The van der Waals surface area contributed by atoms with E-state index in [4.69, 9.17) is 4.42 Å². The maximum Gasteiger partial charge on any atom is 0.239 e. The molecule has 0 fully saturated rings. The Bertz CT molecular complexity index is 669. The molecule has 136 valence electrons. The predicted molar refractivity (Wildman–Crippen MR) is 110 cm³/mol. The average molecular weight is 456 g/mol. The van der Waals surface area contributed by atoms with Crippen LogP contribution in [-0.2, 0) is 17.9 Å². The summed E-state index contributed by atoms with van der Waals surface area (Å²) in [6.45, 7) is 3.32. The minimum Gasteiger partial charge on any atom is -0.467 e. The third-order valence-corrected chi connectivity index (χ3v) is 3.56. The van der Waals surface area contributed by atoms with Crippen molar-refractivity contribution in [3.8, 4) is 0 Å². The Morgan fingerprint density at radius 2 is 1.92 bits per heavy atom. The van der Waals surface area contributed by atoms with Gasteiger partial charge in [-0.25, -0.2) is 0 Å². The summed E-state index contributed by atoms with van der Waals surface area (Å²) in [5.74, 6) is 1.28. The van der Waals surface area contributed by atoms with E-state index >= 15 is 0 Å². The van der Waals surface area contributed by atoms with Crippen LogP contribution in [0.1, 0.15) is 16.9 Å². The van der Waals surface area contributed by atoms with Gasteiger partial charge in [0.1, 0.15) is 5.76 Å². The molecule has 0 saturated carbocycles. The molecule has 0 saturated heterocycles. The first-order valence-corrected chi connectivity index (χ1v) is 7.85. The van der Waals surface area contributed by atoms with E-state index < -0.39 is 0 Å². The summed E-state index contributed by atoms with van der Waals surface area (Å²) >= 11 is 0. The van der Waals surface area contributed by atoms with Crippen LogP contribution in [0.3, 0.4) is 0 Å². The number of aryl methyl sites for hydroxylation is 1. The molecule has 0 spiro atoms. The first-order valence-electron chi connectivity index (χ1n) is 7.85. The van der Waals surface area contributed by atoms with Gasteiger partial charge in [-0.1, -0.05) is 29.8 Å². The zero-order chi connectivity index (χ0) is 17.4. The number of hydrogen-bond donors (Lipinski definition) is 2. The Balaban J connectivity index is 0.00000312. The molecule has 2 aromatic rings. The highest BCUT2D eigenvalue weighted by atomic mass is 127. The third-order valence-electron chi connectivity index (χ3n) is 3.56. The zero-order valence-electron chi connectivity index (χ0n) is 14.8. The van der Waals surface area contributed by atoms with E-state index in [1.807, 2.05) is 18.0 Å². The van der Waals surface area contributed by atoms with Crippen LogP contribution < -0.4 is 10.6 Å². The minimum absolute atomic E-state index is 0. The molecule has 2 N–H and O–H groups in total. The van der Waals surface area contributed by atoms with E-state index in [2.05, 4.69) is 46.8 Å². The van der Waals surface area contributed by atoms with Gasteiger partial charge in [-0.2, -0.15) is 0 Å².